The minimum absolute atomic E-state index is 0.575. The van der Waals surface area contributed by atoms with Crippen molar-refractivity contribution in [3.63, 3.8) is 0 Å². The highest BCUT2D eigenvalue weighted by Crippen LogP contribution is 2.24. The van der Waals surface area contributed by atoms with Crippen LogP contribution in [0.15, 0.2) is 24.8 Å². The molecule has 0 unspecified atom stereocenters. The highest BCUT2D eigenvalue weighted by molar-refractivity contribution is 14.1. The van der Waals surface area contributed by atoms with Crippen molar-refractivity contribution in [2.24, 2.45) is 11.7 Å². The van der Waals surface area contributed by atoms with Gasteiger partial charge in [0.1, 0.15) is 0 Å². The quantitative estimate of drug-likeness (QED) is 0.331. The standard InChI is InChI=1S/C9H11IN4O/c1-2-6-4-3-5-7(8(6)10)14(12)9(15)13-11/h2-5H,1,11-12H2,(H,13,15). The van der Waals surface area contributed by atoms with Gasteiger partial charge in [-0.25, -0.2) is 21.5 Å². The monoisotopic (exact) mass is 318 g/mol. The SMILES string of the molecule is C=Cc1cccc(N(N)C(=O)NN)c1I. The zero-order chi connectivity index (χ0) is 11.4. The maximum Gasteiger partial charge on any atom is 0.350 e. The number of carbonyl (C=O) groups excluding carboxylic acids is 1. The van der Waals surface area contributed by atoms with E-state index in [1.807, 2.05) is 11.5 Å². The number of nitrogens with zero attached hydrogens (tertiary/aromatic N) is 1. The van der Waals surface area contributed by atoms with E-state index in [9.17, 15) is 4.79 Å². The Bertz CT molecular complexity index is 394. The summed E-state index contributed by atoms with van der Waals surface area (Å²) in [6.07, 6.45) is 1.69. The number of nitrogens with two attached hydrogens (primary N) is 2. The molecule has 0 aliphatic heterocycles. The lowest BCUT2D eigenvalue weighted by Gasteiger charge is -2.18. The van der Waals surface area contributed by atoms with Crippen molar-refractivity contribution in [2.75, 3.05) is 5.01 Å². The molecule has 15 heavy (non-hydrogen) atoms. The van der Waals surface area contributed by atoms with Crippen LogP contribution in [0.25, 0.3) is 6.08 Å². The first-order valence-electron chi connectivity index (χ1n) is 4.08. The summed E-state index contributed by atoms with van der Waals surface area (Å²) < 4.78 is 0.844. The van der Waals surface area contributed by atoms with Crippen LogP contribution >= 0.6 is 22.6 Å². The summed E-state index contributed by atoms with van der Waals surface area (Å²) in [5.41, 5.74) is 3.45. The summed E-state index contributed by atoms with van der Waals surface area (Å²) in [6, 6.07) is 4.82. The fraction of sp³-hybridized carbons (Fsp3) is 0. The highest BCUT2D eigenvalue weighted by Gasteiger charge is 2.14. The Hall–Kier alpha value is -1.12. The Morgan fingerprint density at radius 3 is 2.80 bits per heavy atom. The van der Waals surface area contributed by atoms with Gasteiger partial charge in [-0.2, -0.15) is 0 Å². The van der Waals surface area contributed by atoms with Crippen molar-refractivity contribution >= 4 is 40.4 Å². The first-order valence-corrected chi connectivity index (χ1v) is 5.16. The molecule has 1 aromatic rings. The molecule has 0 aromatic heterocycles. The number of urea groups is 1. The van der Waals surface area contributed by atoms with Gasteiger partial charge in [-0.15, -0.1) is 0 Å². The molecule has 0 fully saturated rings. The molecule has 5 nitrogen and oxygen atoms in total. The summed E-state index contributed by atoms with van der Waals surface area (Å²) >= 11 is 2.09. The van der Waals surface area contributed by atoms with Crippen molar-refractivity contribution in [3.8, 4) is 0 Å². The number of halogens is 1. The van der Waals surface area contributed by atoms with Crippen LogP contribution in [0.3, 0.4) is 0 Å². The van der Waals surface area contributed by atoms with Crippen molar-refractivity contribution < 1.29 is 4.79 Å². The van der Waals surface area contributed by atoms with Gasteiger partial charge in [0.05, 0.1) is 5.69 Å². The van der Waals surface area contributed by atoms with Gasteiger partial charge in [-0.3, -0.25) is 5.43 Å². The molecule has 6 heteroatoms. The Labute approximate surface area is 101 Å². The lowest BCUT2D eigenvalue weighted by Crippen LogP contribution is -2.48. The fourth-order valence-corrected chi connectivity index (χ4v) is 1.90. The first-order chi connectivity index (χ1) is 7.11. The van der Waals surface area contributed by atoms with E-state index < -0.39 is 6.03 Å². The van der Waals surface area contributed by atoms with Crippen LogP contribution in [0.4, 0.5) is 10.5 Å². The number of benzene rings is 1. The summed E-state index contributed by atoms with van der Waals surface area (Å²) in [5, 5.41) is 0.953. The summed E-state index contributed by atoms with van der Waals surface area (Å²) in [4.78, 5) is 11.2. The van der Waals surface area contributed by atoms with E-state index in [1.54, 1.807) is 18.2 Å². The molecular formula is C9H11IN4O. The van der Waals surface area contributed by atoms with E-state index in [4.69, 9.17) is 11.7 Å². The molecule has 0 aliphatic rings. The molecule has 0 radical (unpaired) electrons. The second-order valence-electron chi connectivity index (χ2n) is 2.70. The molecule has 0 saturated heterocycles. The van der Waals surface area contributed by atoms with Crippen molar-refractivity contribution in [2.45, 2.75) is 0 Å². The number of anilines is 1. The van der Waals surface area contributed by atoms with Crippen LogP contribution in [0.5, 0.6) is 0 Å². The molecule has 0 aliphatic carbocycles. The molecule has 2 amide bonds. The second-order valence-corrected chi connectivity index (χ2v) is 3.78. The van der Waals surface area contributed by atoms with Crippen LogP contribution in [0, 0.1) is 3.57 Å². The smallest absolute Gasteiger partial charge is 0.274 e. The lowest BCUT2D eigenvalue weighted by atomic mass is 10.2. The summed E-state index contributed by atoms with van der Waals surface area (Å²) in [5.74, 6) is 10.6. The van der Waals surface area contributed by atoms with Gasteiger partial charge in [-0.1, -0.05) is 24.8 Å². The Morgan fingerprint density at radius 1 is 1.60 bits per heavy atom. The number of rotatable bonds is 2. The lowest BCUT2D eigenvalue weighted by molar-refractivity contribution is 0.246. The van der Waals surface area contributed by atoms with E-state index in [0.29, 0.717) is 5.69 Å². The number of hydrazine groups is 2. The topological polar surface area (TPSA) is 84.4 Å². The van der Waals surface area contributed by atoms with Gasteiger partial charge in [0.2, 0.25) is 0 Å². The zero-order valence-electron chi connectivity index (χ0n) is 7.90. The summed E-state index contributed by atoms with van der Waals surface area (Å²) in [7, 11) is 0. The van der Waals surface area contributed by atoms with E-state index in [2.05, 4.69) is 29.2 Å². The van der Waals surface area contributed by atoms with Gasteiger partial charge >= 0.3 is 6.03 Å². The van der Waals surface area contributed by atoms with Crippen molar-refractivity contribution in [1.82, 2.24) is 5.43 Å². The van der Waals surface area contributed by atoms with Gasteiger partial charge in [0.25, 0.3) is 0 Å². The molecule has 0 spiro atoms. The fourth-order valence-electron chi connectivity index (χ4n) is 1.06. The second kappa shape index (κ2) is 5.10. The third-order valence-electron chi connectivity index (χ3n) is 1.83. The Morgan fingerprint density at radius 2 is 2.27 bits per heavy atom. The van der Waals surface area contributed by atoms with Crippen molar-refractivity contribution in [1.29, 1.82) is 0 Å². The predicted octanol–water partition coefficient (Wildman–Crippen LogP) is 1.20. The molecule has 0 atom stereocenters. The predicted molar refractivity (Wildman–Crippen MR) is 68.6 cm³/mol. The number of carbonyl (C=O) groups is 1. The van der Waals surface area contributed by atoms with E-state index in [1.165, 1.54) is 0 Å². The van der Waals surface area contributed by atoms with E-state index in [-0.39, 0.29) is 0 Å². The van der Waals surface area contributed by atoms with Crippen LogP contribution in [0.1, 0.15) is 5.56 Å². The Kier molecular flexibility index (Phi) is 4.06. The maximum atomic E-state index is 11.2. The largest absolute Gasteiger partial charge is 0.350 e. The average Bonchev–Trinajstić information content (AvgIpc) is 2.27. The molecule has 0 bridgehead atoms. The third-order valence-corrected chi connectivity index (χ3v) is 3.01. The minimum Gasteiger partial charge on any atom is -0.274 e. The Balaban J connectivity index is 3.14. The number of amides is 2. The molecule has 1 aromatic carbocycles. The number of nitrogens with one attached hydrogen (secondary N) is 1. The van der Waals surface area contributed by atoms with E-state index >= 15 is 0 Å². The third kappa shape index (κ3) is 2.46. The normalized spacial score (nSPS) is 9.53. The molecular weight excluding hydrogens is 307 g/mol. The molecule has 1 rings (SSSR count). The van der Waals surface area contributed by atoms with Crippen LogP contribution in [-0.2, 0) is 0 Å². The maximum absolute atomic E-state index is 11.2. The molecule has 0 heterocycles. The molecule has 80 valence electrons. The van der Waals surface area contributed by atoms with Gasteiger partial charge in [-0.05, 0) is 34.2 Å². The van der Waals surface area contributed by atoms with E-state index in [0.717, 1.165) is 14.1 Å². The van der Waals surface area contributed by atoms with Crippen LogP contribution in [0.2, 0.25) is 0 Å². The minimum atomic E-state index is -0.575. The molecule has 0 saturated carbocycles. The average molecular weight is 318 g/mol. The summed E-state index contributed by atoms with van der Waals surface area (Å²) in [6.45, 7) is 3.67. The van der Waals surface area contributed by atoms with Gasteiger partial charge < -0.3 is 0 Å². The number of hydrogen-bond acceptors (Lipinski definition) is 3. The van der Waals surface area contributed by atoms with Gasteiger partial charge in [0.15, 0.2) is 0 Å². The molecule has 5 N–H and O–H groups in total. The zero-order valence-corrected chi connectivity index (χ0v) is 10.1. The first kappa shape index (κ1) is 12.0. The van der Waals surface area contributed by atoms with Gasteiger partial charge in [0, 0.05) is 3.57 Å². The van der Waals surface area contributed by atoms with Crippen LogP contribution in [-0.4, -0.2) is 6.03 Å². The number of hydrogen-bond donors (Lipinski definition) is 3. The van der Waals surface area contributed by atoms with Crippen LogP contribution < -0.4 is 22.1 Å². The highest BCUT2D eigenvalue weighted by atomic mass is 127. The van der Waals surface area contributed by atoms with Crippen molar-refractivity contribution in [3.05, 3.63) is 33.9 Å².